The largest absolute Gasteiger partial charge is 0.472 e. The van der Waals surface area contributed by atoms with Crippen molar-refractivity contribution in [3.63, 3.8) is 0 Å². The summed E-state index contributed by atoms with van der Waals surface area (Å²) >= 11 is 0. The van der Waals surface area contributed by atoms with Crippen molar-refractivity contribution in [3.05, 3.63) is 42.1 Å². The van der Waals surface area contributed by atoms with E-state index in [9.17, 15) is 0 Å². The fourth-order valence-electron chi connectivity index (χ4n) is 1.62. The molecular formula is C11H15N3O. The first-order chi connectivity index (χ1) is 7.29. The molecule has 0 aliphatic rings. The van der Waals surface area contributed by atoms with Crippen LogP contribution in [-0.4, -0.2) is 16.8 Å². The minimum Gasteiger partial charge on any atom is -0.472 e. The Morgan fingerprint density at radius 2 is 2.40 bits per heavy atom. The van der Waals surface area contributed by atoms with Gasteiger partial charge in [0.1, 0.15) is 0 Å². The van der Waals surface area contributed by atoms with E-state index in [-0.39, 0.29) is 6.04 Å². The van der Waals surface area contributed by atoms with Crippen molar-refractivity contribution in [3.8, 4) is 0 Å². The molecule has 1 N–H and O–H groups in total. The summed E-state index contributed by atoms with van der Waals surface area (Å²) in [5.41, 5.74) is 2.24. The van der Waals surface area contributed by atoms with Crippen LogP contribution < -0.4 is 5.32 Å². The summed E-state index contributed by atoms with van der Waals surface area (Å²) in [6.07, 6.45) is 6.31. The van der Waals surface area contributed by atoms with Crippen LogP contribution in [0.5, 0.6) is 0 Å². The zero-order valence-electron chi connectivity index (χ0n) is 8.97. The van der Waals surface area contributed by atoms with Gasteiger partial charge >= 0.3 is 0 Å². The summed E-state index contributed by atoms with van der Waals surface area (Å²) in [5.74, 6) is 0. The fourth-order valence-corrected chi connectivity index (χ4v) is 1.62. The Kier molecular flexibility index (Phi) is 2.87. The highest BCUT2D eigenvalue weighted by Crippen LogP contribution is 2.16. The molecule has 0 bridgehead atoms. The molecule has 2 heterocycles. The van der Waals surface area contributed by atoms with Gasteiger partial charge in [-0.15, -0.1) is 0 Å². The van der Waals surface area contributed by atoms with Gasteiger partial charge in [0.2, 0.25) is 0 Å². The molecule has 0 saturated heterocycles. The van der Waals surface area contributed by atoms with Crippen molar-refractivity contribution in [2.24, 2.45) is 7.05 Å². The third-order valence-corrected chi connectivity index (χ3v) is 2.46. The lowest BCUT2D eigenvalue weighted by atomic mass is 10.1. The molecule has 0 saturated carbocycles. The van der Waals surface area contributed by atoms with E-state index in [0.29, 0.717) is 0 Å². The molecule has 4 nitrogen and oxygen atoms in total. The van der Waals surface area contributed by atoms with Gasteiger partial charge in [0.05, 0.1) is 24.3 Å². The molecular weight excluding hydrogens is 190 g/mol. The second-order valence-corrected chi connectivity index (χ2v) is 3.59. The number of nitrogens with zero attached hydrogens (tertiary/aromatic N) is 2. The number of nitrogens with one attached hydrogen (secondary N) is 1. The highest BCUT2D eigenvalue weighted by molar-refractivity contribution is 5.13. The predicted octanol–water partition coefficient (Wildman–Crippen LogP) is 1.52. The smallest absolute Gasteiger partial charge is 0.0935 e. The first-order valence-electron chi connectivity index (χ1n) is 4.97. The zero-order valence-corrected chi connectivity index (χ0v) is 8.97. The first-order valence-corrected chi connectivity index (χ1v) is 4.97. The summed E-state index contributed by atoms with van der Waals surface area (Å²) < 4.78 is 6.86. The third kappa shape index (κ3) is 2.27. The molecule has 0 aliphatic carbocycles. The van der Waals surface area contributed by atoms with Crippen molar-refractivity contribution in [1.82, 2.24) is 15.1 Å². The summed E-state index contributed by atoms with van der Waals surface area (Å²) in [7, 11) is 3.87. The van der Waals surface area contributed by atoms with Crippen molar-refractivity contribution >= 4 is 0 Å². The molecule has 0 spiro atoms. The minimum absolute atomic E-state index is 0.240. The van der Waals surface area contributed by atoms with Crippen molar-refractivity contribution in [1.29, 1.82) is 0 Å². The first kappa shape index (κ1) is 9.98. The molecule has 0 fully saturated rings. The van der Waals surface area contributed by atoms with Gasteiger partial charge in [-0.05, 0) is 31.2 Å². The maximum Gasteiger partial charge on any atom is 0.0935 e. The Morgan fingerprint density at radius 1 is 1.53 bits per heavy atom. The molecule has 0 aromatic carbocycles. The standard InChI is InChI=1S/C11H15N3O/c1-12-11(7-9-4-6-15-8-9)10-3-5-14(2)13-10/h3-6,8,11-12H,7H2,1-2H3. The van der Waals surface area contributed by atoms with E-state index < -0.39 is 0 Å². The lowest BCUT2D eigenvalue weighted by Crippen LogP contribution is -2.19. The average molecular weight is 205 g/mol. The van der Waals surface area contributed by atoms with Gasteiger partial charge < -0.3 is 9.73 Å². The van der Waals surface area contributed by atoms with Gasteiger partial charge in [-0.25, -0.2) is 0 Å². The Hall–Kier alpha value is -1.55. The van der Waals surface area contributed by atoms with Crippen LogP contribution in [0.15, 0.2) is 35.3 Å². The van der Waals surface area contributed by atoms with E-state index in [4.69, 9.17) is 4.42 Å². The van der Waals surface area contributed by atoms with Gasteiger partial charge in [0.25, 0.3) is 0 Å². The van der Waals surface area contributed by atoms with E-state index in [1.165, 1.54) is 5.56 Å². The van der Waals surface area contributed by atoms with Crippen LogP contribution in [0.25, 0.3) is 0 Å². The number of furan rings is 1. The summed E-state index contributed by atoms with van der Waals surface area (Å²) in [4.78, 5) is 0. The number of hydrogen-bond donors (Lipinski definition) is 1. The van der Waals surface area contributed by atoms with Crippen LogP contribution in [0.2, 0.25) is 0 Å². The second kappa shape index (κ2) is 4.31. The van der Waals surface area contributed by atoms with E-state index >= 15 is 0 Å². The van der Waals surface area contributed by atoms with Gasteiger partial charge in [-0.3, -0.25) is 4.68 Å². The number of hydrogen-bond acceptors (Lipinski definition) is 3. The summed E-state index contributed by atoms with van der Waals surface area (Å²) in [6.45, 7) is 0. The zero-order chi connectivity index (χ0) is 10.7. The number of aryl methyl sites for hydroxylation is 1. The van der Waals surface area contributed by atoms with E-state index in [0.717, 1.165) is 12.1 Å². The highest BCUT2D eigenvalue weighted by Gasteiger charge is 2.12. The quantitative estimate of drug-likeness (QED) is 0.822. The van der Waals surface area contributed by atoms with Gasteiger partial charge in [0, 0.05) is 13.2 Å². The molecule has 1 atom stereocenters. The van der Waals surface area contributed by atoms with E-state index in [1.54, 1.807) is 12.5 Å². The van der Waals surface area contributed by atoms with Gasteiger partial charge in [-0.1, -0.05) is 0 Å². The molecule has 1 unspecified atom stereocenters. The molecule has 0 aliphatic heterocycles. The normalized spacial score (nSPS) is 12.9. The van der Waals surface area contributed by atoms with E-state index in [2.05, 4.69) is 10.4 Å². The Bertz CT molecular complexity index is 405. The monoisotopic (exact) mass is 205 g/mol. The molecule has 2 rings (SSSR count). The maximum absolute atomic E-state index is 5.05. The predicted molar refractivity (Wildman–Crippen MR) is 57.4 cm³/mol. The molecule has 0 radical (unpaired) electrons. The van der Waals surface area contributed by atoms with Crippen LogP contribution in [-0.2, 0) is 13.5 Å². The van der Waals surface area contributed by atoms with E-state index in [1.807, 2.05) is 37.1 Å². The van der Waals surface area contributed by atoms with Crippen LogP contribution in [0.4, 0.5) is 0 Å². The Labute approximate surface area is 88.9 Å². The SMILES string of the molecule is CNC(Cc1ccoc1)c1ccn(C)n1. The van der Waals surface area contributed by atoms with Crippen LogP contribution in [0.3, 0.4) is 0 Å². The van der Waals surface area contributed by atoms with Crippen molar-refractivity contribution < 1.29 is 4.42 Å². The third-order valence-electron chi connectivity index (χ3n) is 2.46. The number of aromatic nitrogens is 2. The Morgan fingerprint density at radius 3 is 2.93 bits per heavy atom. The molecule has 2 aromatic rings. The summed E-state index contributed by atoms with van der Waals surface area (Å²) in [5, 5.41) is 7.64. The van der Waals surface area contributed by atoms with Crippen LogP contribution in [0, 0.1) is 0 Å². The topological polar surface area (TPSA) is 43.0 Å². The minimum atomic E-state index is 0.240. The lowest BCUT2D eigenvalue weighted by Gasteiger charge is -2.11. The number of rotatable bonds is 4. The second-order valence-electron chi connectivity index (χ2n) is 3.59. The maximum atomic E-state index is 5.05. The summed E-state index contributed by atoms with van der Waals surface area (Å²) in [6, 6.07) is 4.25. The van der Waals surface area contributed by atoms with Crippen molar-refractivity contribution in [2.75, 3.05) is 7.05 Å². The molecule has 4 heteroatoms. The number of likely N-dealkylation sites (N-methyl/N-ethyl adjacent to an activating group) is 1. The average Bonchev–Trinajstić information content (AvgIpc) is 2.85. The molecule has 0 amide bonds. The molecule has 2 aromatic heterocycles. The van der Waals surface area contributed by atoms with Gasteiger partial charge in [0.15, 0.2) is 0 Å². The fraction of sp³-hybridized carbons (Fsp3) is 0.364. The molecule has 15 heavy (non-hydrogen) atoms. The van der Waals surface area contributed by atoms with Crippen molar-refractivity contribution in [2.45, 2.75) is 12.5 Å². The highest BCUT2D eigenvalue weighted by atomic mass is 16.3. The molecule has 80 valence electrons. The van der Waals surface area contributed by atoms with Crippen LogP contribution >= 0.6 is 0 Å². The van der Waals surface area contributed by atoms with Crippen LogP contribution in [0.1, 0.15) is 17.3 Å². The lowest BCUT2D eigenvalue weighted by molar-refractivity contribution is 0.542. The Balaban J connectivity index is 2.11. The van der Waals surface area contributed by atoms with Gasteiger partial charge in [-0.2, -0.15) is 5.10 Å².